The van der Waals surface area contributed by atoms with Crippen molar-refractivity contribution in [1.82, 2.24) is 9.13 Å². The van der Waals surface area contributed by atoms with Gasteiger partial charge in [-0.1, -0.05) is 113 Å². The fourth-order valence-corrected chi connectivity index (χ4v) is 8.04. The molecule has 0 aliphatic rings. The van der Waals surface area contributed by atoms with E-state index in [4.69, 9.17) is 0 Å². The van der Waals surface area contributed by atoms with E-state index < -0.39 is 0 Å². The summed E-state index contributed by atoms with van der Waals surface area (Å²) in [6.45, 7) is 9.61. The van der Waals surface area contributed by atoms with Crippen LogP contribution in [0.25, 0.3) is 65.9 Å². The van der Waals surface area contributed by atoms with Gasteiger partial charge in [0.25, 0.3) is 0 Å². The zero-order valence-electron chi connectivity index (χ0n) is 30.0. The van der Waals surface area contributed by atoms with Gasteiger partial charge in [0.05, 0.1) is 11.0 Å². The van der Waals surface area contributed by atoms with Gasteiger partial charge in [0.1, 0.15) is 0 Å². The lowest BCUT2D eigenvalue weighted by Gasteiger charge is -2.18. The van der Waals surface area contributed by atoms with Crippen LogP contribution in [0, 0.1) is 0 Å². The van der Waals surface area contributed by atoms with E-state index in [0.717, 1.165) is 82.8 Å². The molecule has 2 heterocycles. The third-order valence-corrected chi connectivity index (χ3v) is 10.5. The smallest absolute Gasteiger partial charge is 0.159 e. The molecule has 0 aliphatic carbocycles. The number of unbranched alkanes of at least 4 members (excludes halogenated alkanes) is 6. The second-order valence-corrected chi connectivity index (χ2v) is 13.9. The fourth-order valence-electron chi connectivity index (χ4n) is 8.04. The van der Waals surface area contributed by atoms with Gasteiger partial charge in [-0.25, -0.2) is 0 Å². The molecule has 0 radical (unpaired) electrons. The van der Waals surface area contributed by atoms with E-state index in [-0.39, 0.29) is 11.6 Å². The molecule has 0 bridgehead atoms. The third kappa shape index (κ3) is 5.95. The Kier molecular flexibility index (Phi) is 9.72. The highest BCUT2D eigenvalue weighted by Gasteiger charge is 2.28. The molecule has 0 N–H and O–H groups in total. The Morgan fingerprint density at radius 2 is 0.900 bits per heavy atom. The molecule has 0 unspecified atom stereocenters. The van der Waals surface area contributed by atoms with Crippen molar-refractivity contribution in [2.45, 2.75) is 92.2 Å². The normalized spacial score (nSPS) is 11.8. The largest absolute Gasteiger partial charge is 0.340 e. The van der Waals surface area contributed by atoms with Crippen molar-refractivity contribution >= 4 is 55.2 Å². The number of nitrogens with zero attached hydrogens (tertiary/aromatic N) is 2. The molecular formula is C46H48N2O2. The van der Waals surface area contributed by atoms with Gasteiger partial charge in [-0.15, -0.1) is 0 Å². The summed E-state index contributed by atoms with van der Waals surface area (Å²) < 4.78 is 5.08. The van der Waals surface area contributed by atoms with Crippen molar-refractivity contribution in [1.29, 1.82) is 0 Å². The average Bonchev–Trinajstić information content (AvgIpc) is 3.63. The first kappa shape index (κ1) is 33.5. The second-order valence-electron chi connectivity index (χ2n) is 13.9. The SMILES string of the molecule is CCCCCCn1c2ccc(C(C)=O)cc2c2c(-c3ccccc3)c3c(c(-c4ccccc4)c21)c1cc(C(C)=O)ccc1n3CCCCCC. The molecule has 2 aromatic heterocycles. The van der Waals surface area contributed by atoms with Crippen molar-refractivity contribution in [3.8, 4) is 22.3 Å². The molecule has 0 amide bonds. The lowest BCUT2D eigenvalue weighted by atomic mass is 9.89. The Morgan fingerprint density at radius 1 is 0.500 bits per heavy atom. The molecule has 0 aliphatic heterocycles. The van der Waals surface area contributed by atoms with E-state index in [1.165, 1.54) is 58.6 Å². The third-order valence-electron chi connectivity index (χ3n) is 10.5. The Morgan fingerprint density at radius 3 is 1.26 bits per heavy atom. The first-order valence-electron chi connectivity index (χ1n) is 18.6. The zero-order chi connectivity index (χ0) is 34.8. The first-order valence-corrected chi connectivity index (χ1v) is 18.6. The number of hydrogen-bond acceptors (Lipinski definition) is 2. The minimum Gasteiger partial charge on any atom is -0.340 e. The van der Waals surface area contributed by atoms with E-state index in [9.17, 15) is 9.59 Å². The van der Waals surface area contributed by atoms with Crippen LogP contribution < -0.4 is 0 Å². The Balaban J connectivity index is 1.76. The van der Waals surface area contributed by atoms with Gasteiger partial charge in [-0.05, 0) is 74.2 Å². The molecule has 4 nitrogen and oxygen atoms in total. The summed E-state index contributed by atoms with van der Waals surface area (Å²) in [4.78, 5) is 25.8. The lowest BCUT2D eigenvalue weighted by molar-refractivity contribution is 0.100. The quantitative estimate of drug-likeness (QED) is 0.0860. The van der Waals surface area contributed by atoms with Gasteiger partial charge in [0.2, 0.25) is 0 Å². The van der Waals surface area contributed by atoms with Gasteiger partial charge in [-0.2, -0.15) is 0 Å². The van der Waals surface area contributed by atoms with Crippen LogP contribution in [0.1, 0.15) is 99.8 Å². The molecule has 5 aromatic carbocycles. The van der Waals surface area contributed by atoms with Crippen LogP contribution in [-0.2, 0) is 13.1 Å². The minimum absolute atomic E-state index is 0.0724. The zero-order valence-corrected chi connectivity index (χ0v) is 30.0. The molecule has 254 valence electrons. The summed E-state index contributed by atoms with van der Waals surface area (Å²) in [5, 5.41) is 4.63. The molecule has 4 heteroatoms. The van der Waals surface area contributed by atoms with Gasteiger partial charge in [-0.3, -0.25) is 9.59 Å². The monoisotopic (exact) mass is 660 g/mol. The van der Waals surface area contributed by atoms with E-state index in [0.29, 0.717) is 0 Å². The maximum Gasteiger partial charge on any atom is 0.159 e. The van der Waals surface area contributed by atoms with Crippen LogP contribution in [0.5, 0.6) is 0 Å². The molecular weight excluding hydrogens is 613 g/mol. The average molecular weight is 661 g/mol. The van der Waals surface area contributed by atoms with Gasteiger partial charge in [0, 0.05) is 67.9 Å². The maximum absolute atomic E-state index is 12.9. The van der Waals surface area contributed by atoms with E-state index in [1.54, 1.807) is 13.8 Å². The number of rotatable bonds is 14. The Bertz CT molecular complexity index is 2170. The highest BCUT2D eigenvalue weighted by Crippen LogP contribution is 2.51. The predicted molar refractivity (Wildman–Crippen MR) is 212 cm³/mol. The number of Topliss-reactive ketones (excluding diaryl/α,β-unsaturated/α-hetero) is 2. The van der Waals surface area contributed by atoms with Crippen LogP contribution in [0.3, 0.4) is 0 Å². The molecule has 7 aromatic rings. The summed E-state index contributed by atoms with van der Waals surface area (Å²) >= 11 is 0. The van der Waals surface area contributed by atoms with Crippen LogP contribution in [0.15, 0.2) is 97.1 Å². The highest BCUT2D eigenvalue weighted by atomic mass is 16.1. The molecule has 0 saturated heterocycles. The predicted octanol–water partition coefficient (Wildman–Crippen LogP) is 12.8. The topological polar surface area (TPSA) is 44.0 Å². The first-order chi connectivity index (χ1) is 24.4. The number of hydrogen-bond donors (Lipinski definition) is 0. The van der Waals surface area contributed by atoms with E-state index in [1.807, 2.05) is 12.1 Å². The molecule has 0 saturated carbocycles. The molecule has 7 rings (SSSR count). The van der Waals surface area contributed by atoms with Crippen LogP contribution >= 0.6 is 0 Å². The Hall–Kier alpha value is -4.96. The van der Waals surface area contributed by atoms with Gasteiger partial charge >= 0.3 is 0 Å². The standard InChI is InChI=1S/C46H48N2O2/c1-5-7-9-17-27-47-39-25-23-35(31(3)49)29-37(39)43-42(34-21-15-12-16-22-34)46-44(41(45(43)47)33-19-13-11-14-20-33)38-30-36(32(4)50)24-26-40(38)48(46)28-18-10-8-6-2/h11-16,19-26,29-30H,5-10,17-18,27-28H2,1-4H3. The number of carbonyl (C=O) groups is 2. The van der Waals surface area contributed by atoms with Crippen LogP contribution in [-0.4, -0.2) is 20.7 Å². The molecule has 0 spiro atoms. The number of ketones is 2. The summed E-state index contributed by atoms with van der Waals surface area (Å²) in [5.74, 6) is 0.145. The number of aromatic nitrogens is 2. The molecule has 0 atom stereocenters. The van der Waals surface area contributed by atoms with Gasteiger partial charge in [0.15, 0.2) is 11.6 Å². The van der Waals surface area contributed by atoms with Crippen molar-refractivity contribution < 1.29 is 9.59 Å². The molecule has 50 heavy (non-hydrogen) atoms. The summed E-state index contributed by atoms with van der Waals surface area (Å²) in [5.41, 5.74) is 10.9. The van der Waals surface area contributed by atoms with Crippen LogP contribution in [0.2, 0.25) is 0 Å². The molecule has 0 fully saturated rings. The minimum atomic E-state index is 0.0724. The second kappa shape index (κ2) is 14.5. The van der Waals surface area contributed by atoms with Crippen molar-refractivity contribution in [2.75, 3.05) is 0 Å². The summed E-state index contributed by atoms with van der Waals surface area (Å²) in [6.07, 6.45) is 9.24. The van der Waals surface area contributed by atoms with E-state index in [2.05, 4.69) is 108 Å². The van der Waals surface area contributed by atoms with Gasteiger partial charge < -0.3 is 9.13 Å². The van der Waals surface area contributed by atoms with Crippen molar-refractivity contribution in [3.63, 3.8) is 0 Å². The summed E-state index contributed by atoms with van der Waals surface area (Å²) in [7, 11) is 0. The number of benzene rings is 5. The number of carbonyl (C=O) groups excluding carboxylic acids is 2. The highest BCUT2D eigenvalue weighted by molar-refractivity contribution is 6.33. The lowest BCUT2D eigenvalue weighted by Crippen LogP contribution is -2.02. The van der Waals surface area contributed by atoms with Crippen molar-refractivity contribution in [2.24, 2.45) is 0 Å². The summed E-state index contributed by atoms with van der Waals surface area (Å²) in [6, 6.07) is 34.2. The van der Waals surface area contributed by atoms with Crippen LogP contribution in [0.4, 0.5) is 0 Å². The van der Waals surface area contributed by atoms with E-state index >= 15 is 0 Å². The fraction of sp³-hybridized carbons (Fsp3) is 0.304. The number of aryl methyl sites for hydroxylation is 2. The Labute approximate surface area is 295 Å². The van der Waals surface area contributed by atoms with Crippen molar-refractivity contribution in [3.05, 3.63) is 108 Å². The maximum atomic E-state index is 12.9. The number of fused-ring (bicyclic) bond motifs is 6.